The fourth-order valence-electron chi connectivity index (χ4n) is 5.35. The van der Waals surface area contributed by atoms with E-state index in [9.17, 15) is 13.2 Å². The van der Waals surface area contributed by atoms with E-state index >= 15 is 0 Å². The highest BCUT2D eigenvalue weighted by atomic mass is 19.4. The average molecular weight is 497 g/mol. The summed E-state index contributed by atoms with van der Waals surface area (Å²) in [6.45, 7) is 14.1. The highest BCUT2D eigenvalue weighted by Crippen LogP contribution is 2.46. The Kier molecular flexibility index (Phi) is 5.94. The zero-order valence-corrected chi connectivity index (χ0v) is 22.4. The lowest BCUT2D eigenvalue weighted by Crippen LogP contribution is -2.07. The highest BCUT2D eigenvalue weighted by Gasteiger charge is 2.33. The van der Waals surface area contributed by atoms with Gasteiger partial charge < -0.3 is 0 Å². The molecular weight excluding hydrogens is 465 g/mol. The molecule has 188 valence electrons. The predicted octanol–water partition coefficient (Wildman–Crippen LogP) is 10.5. The Morgan fingerprint density at radius 2 is 0.757 bits per heavy atom. The second-order valence-corrected chi connectivity index (χ2v) is 10.5. The van der Waals surface area contributed by atoms with Gasteiger partial charge in [0.25, 0.3) is 0 Å². The molecule has 5 aromatic rings. The van der Waals surface area contributed by atoms with Crippen LogP contribution in [0, 0.1) is 48.5 Å². The molecule has 0 radical (unpaired) electrons. The summed E-state index contributed by atoms with van der Waals surface area (Å²) in [6, 6.07) is 20.0. The monoisotopic (exact) mass is 496 g/mol. The minimum Gasteiger partial charge on any atom is -0.166 e. The van der Waals surface area contributed by atoms with Gasteiger partial charge in [0.05, 0.1) is 5.56 Å². The third-order valence-corrected chi connectivity index (χ3v) is 7.97. The molecule has 0 nitrogen and oxygen atoms in total. The van der Waals surface area contributed by atoms with E-state index in [0.29, 0.717) is 5.56 Å². The maximum Gasteiger partial charge on any atom is 0.416 e. The Morgan fingerprint density at radius 3 is 1.14 bits per heavy atom. The quantitative estimate of drug-likeness (QED) is 0.213. The lowest BCUT2D eigenvalue weighted by atomic mass is 9.82. The standard InChI is InChI=1S/C34H31F3/c1-18-8-10-25(12-20(18)3)32-27-13-21(4)23(6)15-29(27)33(30-16-24(7)22(5)14-28(30)32)26-11-9-19(2)31(17-26)34(35,36)37/h8-17H,1-7H3. The minimum atomic E-state index is -4.41. The summed E-state index contributed by atoms with van der Waals surface area (Å²) in [7, 11) is 0. The van der Waals surface area contributed by atoms with E-state index in [2.05, 4.69) is 84.0 Å². The maximum atomic E-state index is 14.0. The van der Waals surface area contributed by atoms with Crippen molar-refractivity contribution >= 4 is 21.5 Å². The van der Waals surface area contributed by atoms with Crippen molar-refractivity contribution in [1.29, 1.82) is 0 Å². The molecule has 0 amide bonds. The number of benzene rings is 5. The number of alkyl halides is 3. The first-order valence-electron chi connectivity index (χ1n) is 12.6. The second kappa shape index (κ2) is 8.76. The molecule has 5 rings (SSSR count). The molecule has 0 saturated heterocycles. The molecule has 0 aliphatic carbocycles. The van der Waals surface area contributed by atoms with Crippen molar-refractivity contribution in [1.82, 2.24) is 0 Å². The second-order valence-electron chi connectivity index (χ2n) is 10.5. The van der Waals surface area contributed by atoms with Crippen LogP contribution < -0.4 is 0 Å². The molecule has 0 spiro atoms. The summed E-state index contributed by atoms with van der Waals surface area (Å²) in [4.78, 5) is 0. The molecule has 37 heavy (non-hydrogen) atoms. The molecule has 0 heterocycles. The van der Waals surface area contributed by atoms with Gasteiger partial charge in [-0.2, -0.15) is 13.2 Å². The average Bonchev–Trinajstić information content (AvgIpc) is 2.82. The first-order valence-corrected chi connectivity index (χ1v) is 12.6. The number of rotatable bonds is 2. The Morgan fingerprint density at radius 1 is 0.405 bits per heavy atom. The summed E-state index contributed by atoms with van der Waals surface area (Å²) in [6.07, 6.45) is -4.41. The number of aryl methyl sites for hydroxylation is 7. The minimum absolute atomic E-state index is 0.232. The van der Waals surface area contributed by atoms with Crippen LogP contribution in [0.2, 0.25) is 0 Å². The van der Waals surface area contributed by atoms with Crippen LogP contribution in [-0.4, -0.2) is 0 Å². The van der Waals surface area contributed by atoms with Crippen LogP contribution in [0.3, 0.4) is 0 Å². The zero-order chi connectivity index (χ0) is 26.8. The van der Waals surface area contributed by atoms with Gasteiger partial charge in [0.2, 0.25) is 0 Å². The largest absolute Gasteiger partial charge is 0.416 e. The van der Waals surface area contributed by atoms with Crippen molar-refractivity contribution in [2.45, 2.75) is 54.6 Å². The van der Waals surface area contributed by atoms with Crippen molar-refractivity contribution in [3.8, 4) is 22.3 Å². The Labute approximate surface area is 216 Å². The molecule has 0 N–H and O–H groups in total. The molecule has 0 unspecified atom stereocenters. The van der Waals surface area contributed by atoms with Gasteiger partial charge in [-0.3, -0.25) is 0 Å². The van der Waals surface area contributed by atoms with Gasteiger partial charge >= 0.3 is 6.18 Å². The van der Waals surface area contributed by atoms with Crippen molar-refractivity contribution in [2.75, 3.05) is 0 Å². The third-order valence-electron chi connectivity index (χ3n) is 7.97. The van der Waals surface area contributed by atoms with Gasteiger partial charge in [-0.25, -0.2) is 0 Å². The molecule has 0 atom stereocenters. The zero-order valence-electron chi connectivity index (χ0n) is 22.4. The molecular formula is C34H31F3. The molecule has 0 aromatic heterocycles. The van der Waals surface area contributed by atoms with E-state index in [1.54, 1.807) is 6.07 Å². The lowest BCUT2D eigenvalue weighted by molar-refractivity contribution is -0.138. The van der Waals surface area contributed by atoms with Crippen LogP contribution in [0.15, 0.2) is 60.7 Å². The van der Waals surface area contributed by atoms with Crippen LogP contribution in [0.1, 0.15) is 44.5 Å². The first kappa shape index (κ1) is 25.1. The van der Waals surface area contributed by atoms with E-state index < -0.39 is 11.7 Å². The van der Waals surface area contributed by atoms with E-state index in [0.717, 1.165) is 60.5 Å². The van der Waals surface area contributed by atoms with Crippen molar-refractivity contribution < 1.29 is 13.2 Å². The van der Waals surface area contributed by atoms with E-state index in [4.69, 9.17) is 0 Å². The van der Waals surface area contributed by atoms with Gasteiger partial charge in [-0.15, -0.1) is 0 Å². The van der Waals surface area contributed by atoms with Gasteiger partial charge in [-0.05, 0) is 137 Å². The fraction of sp³-hybridized carbons (Fsp3) is 0.235. The van der Waals surface area contributed by atoms with Crippen LogP contribution in [0.5, 0.6) is 0 Å². The Bertz CT molecular complexity index is 1650. The Hall–Kier alpha value is -3.59. The lowest BCUT2D eigenvalue weighted by Gasteiger charge is -2.21. The topological polar surface area (TPSA) is 0 Å². The summed E-state index contributed by atoms with van der Waals surface area (Å²) < 4.78 is 41.9. The number of hydrogen-bond acceptors (Lipinski definition) is 0. The van der Waals surface area contributed by atoms with Crippen molar-refractivity contribution in [3.05, 3.63) is 105 Å². The van der Waals surface area contributed by atoms with Crippen LogP contribution >= 0.6 is 0 Å². The molecule has 0 saturated carbocycles. The van der Waals surface area contributed by atoms with Gasteiger partial charge in [0.1, 0.15) is 0 Å². The fourth-order valence-corrected chi connectivity index (χ4v) is 5.35. The molecule has 0 aliphatic rings. The van der Waals surface area contributed by atoms with E-state index in [1.807, 2.05) is 6.07 Å². The molecule has 0 aliphatic heterocycles. The third kappa shape index (κ3) is 4.21. The first-order chi connectivity index (χ1) is 17.4. The van der Waals surface area contributed by atoms with Crippen molar-refractivity contribution in [2.24, 2.45) is 0 Å². The smallest absolute Gasteiger partial charge is 0.166 e. The number of halogens is 3. The van der Waals surface area contributed by atoms with Crippen molar-refractivity contribution in [3.63, 3.8) is 0 Å². The molecule has 5 aromatic carbocycles. The van der Waals surface area contributed by atoms with Crippen LogP contribution in [0.4, 0.5) is 13.2 Å². The molecule has 0 fully saturated rings. The summed E-state index contributed by atoms with van der Waals surface area (Å²) >= 11 is 0. The maximum absolute atomic E-state index is 14.0. The molecule has 0 bridgehead atoms. The Balaban J connectivity index is 2.03. The van der Waals surface area contributed by atoms with Crippen LogP contribution in [-0.2, 0) is 6.18 Å². The summed E-state index contributed by atoms with van der Waals surface area (Å²) in [5.74, 6) is 0. The molecule has 3 heteroatoms. The normalized spacial score (nSPS) is 12.1. The van der Waals surface area contributed by atoms with Crippen LogP contribution in [0.25, 0.3) is 43.8 Å². The van der Waals surface area contributed by atoms with Gasteiger partial charge in [0.15, 0.2) is 0 Å². The number of hydrogen-bond donors (Lipinski definition) is 0. The van der Waals surface area contributed by atoms with Gasteiger partial charge in [0, 0.05) is 0 Å². The highest BCUT2D eigenvalue weighted by molar-refractivity contribution is 6.22. The predicted molar refractivity (Wildman–Crippen MR) is 150 cm³/mol. The van der Waals surface area contributed by atoms with Gasteiger partial charge in [-0.1, -0.05) is 54.6 Å². The van der Waals surface area contributed by atoms with E-state index in [1.165, 1.54) is 24.1 Å². The SMILES string of the molecule is Cc1ccc(-c2c3cc(C)c(C)cc3c(-c3ccc(C)c(C(F)(F)F)c3)c3cc(C)c(C)cc23)cc1C. The van der Waals surface area contributed by atoms with E-state index in [-0.39, 0.29) is 5.56 Å². The summed E-state index contributed by atoms with van der Waals surface area (Å²) in [5.41, 5.74) is 10.3. The summed E-state index contributed by atoms with van der Waals surface area (Å²) in [5, 5.41) is 4.07. The number of fused-ring (bicyclic) bond motifs is 2.